The monoisotopic (exact) mass is 291 g/mol. The predicted octanol–water partition coefficient (Wildman–Crippen LogP) is 1.47. The Hall–Kier alpha value is -2.24. The first-order valence-corrected chi connectivity index (χ1v) is 7.01. The smallest absolute Gasteiger partial charge is 0.229 e. The molecule has 2 amide bonds. The molecular formula is C15H21N3O3. The van der Waals surface area contributed by atoms with E-state index >= 15 is 0 Å². The Balaban J connectivity index is 2.05. The Morgan fingerprint density at radius 2 is 2.19 bits per heavy atom. The van der Waals surface area contributed by atoms with Gasteiger partial charge < -0.3 is 20.7 Å². The van der Waals surface area contributed by atoms with Crippen LogP contribution in [0.2, 0.25) is 0 Å². The molecule has 6 nitrogen and oxygen atoms in total. The fraction of sp³-hybridized carbons (Fsp3) is 0.467. The first-order chi connectivity index (χ1) is 10.0. The van der Waals surface area contributed by atoms with Crippen LogP contribution in [0.25, 0.3) is 0 Å². The van der Waals surface area contributed by atoms with Gasteiger partial charge in [-0.2, -0.15) is 0 Å². The highest BCUT2D eigenvalue weighted by Gasteiger charge is 2.27. The highest BCUT2D eigenvalue weighted by atomic mass is 16.5. The molecule has 2 rings (SSSR count). The van der Waals surface area contributed by atoms with Gasteiger partial charge in [-0.15, -0.1) is 0 Å². The van der Waals surface area contributed by atoms with E-state index in [-0.39, 0.29) is 17.7 Å². The van der Waals surface area contributed by atoms with Crippen LogP contribution in [-0.4, -0.2) is 36.9 Å². The number of likely N-dealkylation sites (tertiary alicyclic amines) is 1. The maximum absolute atomic E-state index is 12.3. The third-order valence-corrected chi connectivity index (χ3v) is 3.76. The quantitative estimate of drug-likeness (QED) is 0.826. The molecule has 1 fully saturated rings. The van der Waals surface area contributed by atoms with Crippen molar-refractivity contribution in [2.45, 2.75) is 19.8 Å². The molecule has 1 saturated heterocycles. The molecule has 1 heterocycles. The second-order valence-corrected chi connectivity index (χ2v) is 5.25. The third-order valence-electron chi connectivity index (χ3n) is 3.76. The lowest BCUT2D eigenvalue weighted by molar-refractivity contribution is -0.132. The number of rotatable bonds is 3. The van der Waals surface area contributed by atoms with Crippen LogP contribution in [0.1, 0.15) is 19.8 Å². The number of nitrogens with one attached hydrogen (secondary N) is 1. The zero-order valence-corrected chi connectivity index (χ0v) is 12.4. The van der Waals surface area contributed by atoms with Crippen molar-refractivity contribution in [3.05, 3.63) is 18.2 Å². The number of ether oxygens (including phenoxy) is 1. The van der Waals surface area contributed by atoms with Gasteiger partial charge in [-0.25, -0.2) is 0 Å². The van der Waals surface area contributed by atoms with Gasteiger partial charge >= 0.3 is 0 Å². The van der Waals surface area contributed by atoms with Gasteiger partial charge in [-0.05, 0) is 25.0 Å². The molecule has 0 saturated carbocycles. The molecular weight excluding hydrogens is 270 g/mol. The van der Waals surface area contributed by atoms with E-state index in [2.05, 4.69) is 5.32 Å². The second-order valence-electron chi connectivity index (χ2n) is 5.25. The Labute approximate surface area is 124 Å². The Morgan fingerprint density at radius 3 is 2.86 bits per heavy atom. The summed E-state index contributed by atoms with van der Waals surface area (Å²) < 4.78 is 5.13. The zero-order chi connectivity index (χ0) is 15.4. The molecule has 0 radical (unpaired) electrons. The van der Waals surface area contributed by atoms with Gasteiger partial charge in [0.05, 0.1) is 24.4 Å². The second kappa shape index (κ2) is 6.47. The molecule has 1 unspecified atom stereocenters. The molecule has 21 heavy (non-hydrogen) atoms. The lowest BCUT2D eigenvalue weighted by Crippen LogP contribution is -2.42. The van der Waals surface area contributed by atoms with Crippen LogP contribution in [0.4, 0.5) is 11.4 Å². The molecule has 1 aliphatic rings. The van der Waals surface area contributed by atoms with E-state index in [1.807, 2.05) is 0 Å². The van der Waals surface area contributed by atoms with Crippen molar-refractivity contribution in [1.29, 1.82) is 0 Å². The molecule has 1 atom stereocenters. The number of nitrogen functional groups attached to an aromatic ring is 1. The number of anilines is 2. The largest absolute Gasteiger partial charge is 0.497 e. The Bertz CT molecular complexity index is 545. The van der Waals surface area contributed by atoms with Crippen LogP contribution in [0.3, 0.4) is 0 Å². The molecule has 0 aromatic heterocycles. The molecule has 0 bridgehead atoms. The average molecular weight is 291 g/mol. The number of nitrogens with two attached hydrogens (primary N) is 1. The maximum atomic E-state index is 12.3. The fourth-order valence-electron chi connectivity index (χ4n) is 2.48. The lowest BCUT2D eigenvalue weighted by Gasteiger charge is -2.31. The average Bonchev–Trinajstić information content (AvgIpc) is 2.49. The molecule has 114 valence electrons. The summed E-state index contributed by atoms with van der Waals surface area (Å²) in [5.41, 5.74) is 6.89. The Morgan fingerprint density at radius 1 is 1.43 bits per heavy atom. The standard InChI is InChI=1S/C15H21N3O3/c1-10(19)18-7-3-4-11(9-18)15(20)17-14-8-12(21-2)5-6-13(14)16/h5-6,8,11H,3-4,7,9,16H2,1-2H3,(H,17,20). The first kappa shape index (κ1) is 15.2. The maximum Gasteiger partial charge on any atom is 0.229 e. The van der Waals surface area contributed by atoms with Crippen LogP contribution < -0.4 is 15.8 Å². The number of benzene rings is 1. The molecule has 0 aliphatic carbocycles. The van der Waals surface area contributed by atoms with Gasteiger partial charge in [0.2, 0.25) is 11.8 Å². The number of hydrogen-bond donors (Lipinski definition) is 2. The van der Waals surface area contributed by atoms with E-state index in [1.54, 1.807) is 30.2 Å². The number of amides is 2. The minimum Gasteiger partial charge on any atom is -0.497 e. The molecule has 6 heteroatoms. The van der Waals surface area contributed by atoms with Gasteiger partial charge in [0.15, 0.2) is 0 Å². The minimum absolute atomic E-state index is 0.00777. The van der Waals surface area contributed by atoms with E-state index in [0.717, 1.165) is 19.4 Å². The van der Waals surface area contributed by atoms with Crippen molar-refractivity contribution in [2.75, 3.05) is 31.2 Å². The molecule has 0 spiro atoms. The van der Waals surface area contributed by atoms with Crippen molar-refractivity contribution in [1.82, 2.24) is 4.90 Å². The summed E-state index contributed by atoms with van der Waals surface area (Å²) in [6, 6.07) is 5.12. The van der Waals surface area contributed by atoms with E-state index in [4.69, 9.17) is 10.5 Å². The van der Waals surface area contributed by atoms with Gasteiger partial charge in [-0.3, -0.25) is 9.59 Å². The highest BCUT2D eigenvalue weighted by molar-refractivity contribution is 5.96. The third kappa shape index (κ3) is 3.65. The van der Waals surface area contributed by atoms with Crippen LogP contribution in [0.5, 0.6) is 5.75 Å². The zero-order valence-electron chi connectivity index (χ0n) is 12.4. The van der Waals surface area contributed by atoms with Gasteiger partial charge in [0.1, 0.15) is 5.75 Å². The minimum atomic E-state index is -0.201. The topological polar surface area (TPSA) is 84.7 Å². The van der Waals surface area contributed by atoms with Crippen LogP contribution in [0.15, 0.2) is 18.2 Å². The fourth-order valence-corrected chi connectivity index (χ4v) is 2.48. The van der Waals surface area contributed by atoms with Crippen LogP contribution in [-0.2, 0) is 9.59 Å². The normalized spacial score (nSPS) is 18.2. The summed E-state index contributed by atoms with van der Waals surface area (Å²) in [4.78, 5) is 25.5. The predicted molar refractivity (Wildman–Crippen MR) is 81.0 cm³/mol. The SMILES string of the molecule is COc1ccc(N)c(NC(=O)C2CCCN(C(C)=O)C2)c1. The summed E-state index contributed by atoms with van der Waals surface area (Å²) >= 11 is 0. The summed E-state index contributed by atoms with van der Waals surface area (Å²) in [7, 11) is 1.56. The van der Waals surface area contributed by atoms with E-state index in [9.17, 15) is 9.59 Å². The summed E-state index contributed by atoms with van der Waals surface area (Å²) in [5, 5.41) is 2.83. The molecule has 1 aromatic rings. The van der Waals surface area contributed by atoms with E-state index in [1.165, 1.54) is 6.92 Å². The summed E-state index contributed by atoms with van der Waals surface area (Å²) in [5.74, 6) is 0.330. The summed E-state index contributed by atoms with van der Waals surface area (Å²) in [6.45, 7) is 2.71. The lowest BCUT2D eigenvalue weighted by atomic mass is 9.97. The molecule has 1 aliphatic heterocycles. The molecule has 1 aromatic carbocycles. The number of nitrogens with zero attached hydrogens (tertiary/aromatic N) is 1. The number of methoxy groups -OCH3 is 1. The van der Waals surface area contributed by atoms with Gasteiger partial charge in [0.25, 0.3) is 0 Å². The van der Waals surface area contributed by atoms with E-state index in [0.29, 0.717) is 23.7 Å². The van der Waals surface area contributed by atoms with Crippen molar-refractivity contribution < 1.29 is 14.3 Å². The first-order valence-electron chi connectivity index (χ1n) is 7.01. The number of piperidine rings is 1. The number of hydrogen-bond acceptors (Lipinski definition) is 4. The number of carbonyl (C=O) groups excluding carboxylic acids is 2. The summed E-state index contributed by atoms with van der Waals surface area (Å²) in [6.07, 6.45) is 1.62. The van der Waals surface area contributed by atoms with Crippen molar-refractivity contribution in [3.8, 4) is 5.75 Å². The number of carbonyl (C=O) groups is 2. The van der Waals surface area contributed by atoms with Gasteiger partial charge in [-0.1, -0.05) is 0 Å². The van der Waals surface area contributed by atoms with Crippen molar-refractivity contribution in [3.63, 3.8) is 0 Å². The van der Waals surface area contributed by atoms with Gasteiger partial charge in [0, 0.05) is 26.1 Å². The Kier molecular flexibility index (Phi) is 4.67. The molecule has 3 N–H and O–H groups in total. The van der Waals surface area contributed by atoms with Crippen molar-refractivity contribution >= 4 is 23.2 Å². The van der Waals surface area contributed by atoms with Crippen LogP contribution >= 0.6 is 0 Å². The highest BCUT2D eigenvalue weighted by Crippen LogP contribution is 2.26. The van der Waals surface area contributed by atoms with Crippen molar-refractivity contribution in [2.24, 2.45) is 5.92 Å². The van der Waals surface area contributed by atoms with Crippen LogP contribution in [0, 0.1) is 5.92 Å². The van der Waals surface area contributed by atoms with E-state index < -0.39 is 0 Å².